The average molecular weight is 436 g/mol. The molecule has 0 aliphatic carbocycles. The van der Waals surface area contributed by atoms with Crippen molar-refractivity contribution in [1.29, 1.82) is 0 Å². The number of carbonyl (C=O) groups is 3. The summed E-state index contributed by atoms with van der Waals surface area (Å²) in [6.45, 7) is 6.41. The third kappa shape index (κ3) is 5.97. The molecular formula is C25H29N3O4. The number of para-hydroxylation sites is 2. The van der Waals surface area contributed by atoms with E-state index in [4.69, 9.17) is 4.74 Å². The van der Waals surface area contributed by atoms with Gasteiger partial charge in [0.15, 0.2) is 0 Å². The summed E-state index contributed by atoms with van der Waals surface area (Å²) >= 11 is 0. The van der Waals surface area contributed by atoms with Crippen LogP contribution in [-0.2, 0) is 4.74 Å². The minimum Gasteiger partial charge on any atom is -0.444 e. The Hall–Kier alpha value is -3.61. The lowest BCUT2D eigenvalue weighted by atomic mass is 10.1. The van der Waals surface area contributed by atoms with Crippen molar-refractivity contribution in [3.63, 3.8) is 0 Å². The molecule has 0 spiro atoms. The fourth-order valence-corrected chi connectivity index (χ4v) is 3.34. The van der Waals surface area contributed by atoms with Crippen molar-refractivity contribution < 1.29 is 19.1 Å². The number of anilines is 2. The molecule has 168 valence electrons. The molecular weight excluding hydrogens is 406 g/mol. The zero-order valence-corrected chi connectivity index (χ0v) is 18.7. The number of amides is 3. The van der Waals surface area contributed by atoms with Gasteiger partial charge < -0.3 is 10.1 Å². The number of nitrogens with zero attached hydrogens (tertiary/aromatic N) is 1. The number of imide groups is 1. The molecule has 1 aliphatic heterocycles. The van der Waals surface area contributed by atoms with Crippen LogP contribution in [0.4, 0.5) is 16.2 Å². The van der Waals surface area contributed by atoms with Gasteiger partial charge in [-0.2, -0.15) is 0 Å². The van der Waals surface area contributed by atoms with Gasteiger partial charge >= 0.3 is 6.09 Å². The first-order valence-corrected chi connectivity index (χ1v) is 10.7. The molecule has 0 radical (unpaired) electrons. The van der Waals surface area contributed by atoms with Crippen LogP contribution >= 0.6 is 0 Å². The summed E-state index contributed by atoms with van der Waals surface area (Å²) in [7, 11) is 0. The molecule has 1 aliphatic rings. The predicted molar refractivity (Wildman–Crippen MR) is 125 cm³/mol. The Morgan fingerprint density at radius 3 is 2.16 bits per heavy atom. The van der Waals surface area contributed by atoms with Crippen LogP contribution in [-0.4, -0.2) is 41.5 Å². The van der Waals surface area contributed by atoms with Crippen LogP contribution in [0.5, 0.6) is 0 Å². The minimum absolute atomic E-state index is 0.217. The van der Waals surface area contributed by atoms with Crippen LogP contribution in [0.3, 0.4) is 0 Å². The van der Waals surface area contributed by atoms with Gasteiger partial charge in [-0.05, 0) is 57.9 Å². The SMILES string of the molecule is CC(C)(C)OC(=O)Nc1ccccc1NCC=CCCCN1C(=O)c2ccccc2C1=O. The van der Waals surface area contributed by atoms with Gasteiger partial charge in [-0.15, -0.1) is 0 Å². The van der Waals surface area contributed by atoms with E-state index < -0.39 is 11.7 Å². The fraction of sp³-hybridized carbons (Fsp3) is 0.320. The van der Waals surface area contributed by atoms with Gasteiger partial charge in [0.2, 0.25) is 0 Å². The zero-order valence-electron chi connectivity index (χ0n) is 18.7. The van der Waals surface area contributed by atoms with E-state index in [1.807, 2.05) is 51.1 Å². The molecule has 2 aromatic rings. The summed E-state index contributed by atoms with van der Waals surface area (Å²) in [5.74, 6) is -0.435. The molecule has 0 atom stereocenters. The van der Waals surface area contributed by atoms with E-state index in [1.54, 1.807) is 30.3 Å². The van der Waals surface area contributed by atoms with Crippen LogP contribution < -0.4 is 10.6 Å². The fourth-order valence-electron chi connectivity index (χ4n) is 3.34. The van der Waals surface area contributed by atoms with Gasteiger partial charge in [-0.1, -0.05) is 36.4 Å². The van der Waals surface area contributed by atoms with E-state index in [9.17, 15) is 14.4 Å². The van der Waals surface area contributed by atoms with Gasteiger partial charge in [0.1, 0.15) is 5.60 Å². The van der Waals surface area contributed by atoms with Crippen LogP contribution in [0, 0.1) is 0 Å². The smallest absolute Gasteiger partial charge is 0.412 e. The highest BCUT2D eigenvalue weighted by molar-refractivity contribution is 6.21. The van der Waals surface area contributed by atoms with Crippen LogP contribution in [0.1, 0.15) is 54.3 Å². The lowest BCUT2D eigenvalue weighted by molar-refractivity contribution is 0.0628. The topological polar surface area (TPSA) is 87.7 Å². The molecule has 0 bridgehead atoms. The number of nitrogens with one attached hydrogen (secondary N) is 2. The summed E-state index contributed by atoms with van der Waals surface area (Å²) < 4.78 is 5.30. The van der Waals surface area contributed by atoms with Gasteiger partial charge in [-0.25, -0.2) is 4.79 Å². The maximum atomic E-state index is 12.4. The number of allylic oxidation sites excluding steroid dienone is 1. The number of hydrogen-bond acceptors (Lipinski definition) is 5. The summed E-state index contributed by atoms with van der Waals surface area (Å²) in [6.07, 6.45) is 4.92. The average Bonchev–Trinajstić information content (AvgIpc) is 2.97. The zero-order chi connectivity index (χ0) is 23.1. The molecule has 0 saturated carbocycles. The maximum absolute atomic E-state index is 12.4. The Kier molecular flexibility index (Phi) is 7.30. The van der Waals surface area contributed by atoms with Crippen LogP contribution in [0.2, 0.25) is 0 Å². The van der Waals surface area contributed by atoms with Crippen molar-refractivity contribution in [3.05, 3.63) is 71.8 Å². The van der Waals surface area contributed by atoms with E-state index in [1.165, 1.54) is 4.90 Å². The maximum Gasteiger partial charge on any atom is 0.412 e. The Morgan fingerprint density at radius 2 is 1.53 bits per heavy atom. The van der Waals surface area contributed by atoms with E-state index >= 15 is 0 Å². The van der Waals surface area contributed by atoms with Crippen molar-refractivity contribution in [3.8, 4) is 0 Å². The second-order valence-corrected chi connectivity index (χ2v) is 8.47. The summed E-state index contributed by atoms with van der Waals surface area (Å²) in [5.41, 5.74) is 1.82. The van der Waals surface area contributed by atoms with Gasteiger partial charge in [-0.3, -0.25) is 19.8 Å². The van der Waals surface area contributed by atoms with E-state index in [0.717, 1.165) is 12.1 Å². The molecule has 0 saturated heterocycles. The first kappa shape index (κ1) is 23.1. The highest BCUT2D eigenvalue weighted by atomic mass is 16.6. The van der Waals surface area contributed by atoms with Crippen molar-refractivity contribution in [2.24, 2.45) is 0 Å². The molecule has 2 N–H and O–H groups in total. The third-order valence-corrected chi connectivity index (χ3v) is 4.77. The predicted octanol–water partition coefficient (Wildman–Crippen LogP) is 5.08. The second kappa shape index (κ2) is 10.1. The number of benzene rings is 2. The largest absolute Gasteiger partial charge is 0.444 e. The minimum atomic E-state index is -0.567. The van der Waals surface area contributed by atoms with Crippen molar-refractivity contribution in [1.82, 2.24) is 4.90 Å². The second-order valence-electron chi connectivity index (χ2n) is 8.47. The molecule has 3 rings (SSSR count). The van der Waals surface area contributed by atoms with Crippen molar-refractivity contribution in [2.45, 2.75) is 39.2 Å². The molecule has 0 aromatic heterocycles. The van der Waals surface area contributed by atoms with E-state index in [-0.39, 0.29) is 11.8 Å². The molecule has 2 aromatic carbocycles. The summed E-state index contributed by atoms with van der Waals surface area (Å²) in [4.78, 5) is 38.1. The molecule has 7 heteroatoms. The van der Waals surface area contributed by atoms with Gasteiger partial charge in [0.05, 0.1) is 22.5 Å². The van der Waals surface area contributed by atoms with Crippen molar-refractivity contribution >= 4 is 29.3 Å². The van der Waals surface area contributed by atoms with Crippen LogP contribution in [0.25, 0.3) is 0 Å². The third-order valence-electron chi connectivity index (χ3n) is 4.77. The Morgan fingerprint density at radius 1 is 0.938 bits per heavy atom. The highest BCUT2D eigenvalue weighted by Crippen LogP contribution is 2.23. The number of fused-ring (bicyclic) bond motifs is 1. The van der Waals surface area contributed by atoms with Gasteiger partial charge in [0.25, 0.3) is 11.8 Å². The normalized spacial score (nSPS) is 13.4. The first-order chi connectivity index (χ1) is 15.3. The Balaban J connectivity index is 1.42. The highest BCUT2D eigenvalue weighted by Gasteiger charge is 2.34. The van der Waals surface area contributed by atoms with E-state index in [2.05, 4.69) is 10.6 Å². The standard InChI is InChI=1S/C25H29N3O4/c1-25(2,3)32-24(31)27-21-15-9-8-14-20(21)26-16-10-4-5-11-17-28-22(29)18-12-6-7-13-19(18)23(28)30/h4,6-10,12-15,26H,5,11,16-17H2,1-3H3,(H,27,31). The molecule has 32 heavy (non-hydrogen) atoms. The molecule has 0 fully saturated rings. The summed E-state index contributed by atoms with van der Waals surface area (Å²) in [6, 6.07) is 14.3. The molecule has 0 unspecified atom stereocenters. The molecule has 3 amide bonds. The summed E-state index contributed by atoms with van der Waals surface area (Å²) in [5, 5.41) is 6.02. The number of ether oxygens (including phenoxy) is 1. The number of hydrogen-bond donors (Lipinski definition) is 2. The molecule has 7 nitrogen and oxygen atoms in total. The van der Waals surface area contributed by atoms with Crippen LogP contribution in [0.15, 0.2) is 60.7 Å². The van der Waals surface area contributed by atoms with Gasteiger partial charge in [0, 0.05) is 13.1 Å². The first-order valence-electron chi connectivity index (χ1n) is 10.7. The van der Waals surface area contributed by atoms with Crippen molar-refractivity contribution in [2.75, 3.05) is 23.7 Å². The monoisotopic (exact) mass is 435 g/mol. The lowest BCUT2D eigenvalue weighted by Crippen LogP contribution is -2.30. The lowest BCUT2D eigenvalue weighted by Gasteiger charge is -2.20. The molecule has 1 heterocycles. The number of unbranched alkanes of at least 4 members (excludes halogenated alkanes) is 1. The Bertz CT molecular complexity index is 989. The van der Waals surface area contributed by atoms with E-state index in [0.29, 0.717) is 36.3 Å². The quantitative estimate of drug-likeness (QED) is 0.343. The Labute approximate surface area is 188 Å². The number of rotatable bonds is 8. The number of carbonyl (C=O) groups excluding carboxylic acids is 3.